The average molecular weight is 256 g/mol. The van der Waals surface area contributed by atoms with Gasteiger partial charge < -0.3 is 15.7 Å². The van der Waals surface area contributed by atoms with E-state index in [0.29, 0.717) is 23.6 Å². The van der Waals surface area contributed by atoms with Crippen LogP contribution in [0.4, 0.5) is 5.69 Å². The number of hydrogen-bond donors (Lipinski definition) is 3. The molecule has 94 valence electrons. The molecule has 1 atom stereocenters. The summed E-state index contributed by atoms with van der Waals surface area (Å²) in [4.78, 5) is 1.94. The van der Waals surface area contributed by atoms with E-state index < -0.39 is 0 Å². The Hall–Kier alpha value is -1.26. The molecule has 1 aromatic carbocycles. The molecule has 0 bridgehead atoms. The number of halogens is 1. The highest BCUT2D eigenvalue weighted by molar-refractivity contribution is 6.31. The van der Waals surface area contributed by atoms with E-state index in [-0.39, 0.29) is 11.9 Å². The van der Waals surface area contributed by atoms with Crippen LogP contribution < -0.4 is 10.6 Å². The third kappa shape index (κ3) is 3.91. The number of aliphatic hydroxyl groups is 1. The summed E-state index contributed by atoms with van der Waals surface area (Å²) in [5.41, 5.74) is 6.99. The first-order valence-corrected chi connectivity index (χ1v) is 5.82. The van der Waals surface area contributed by atoms with Gasteiger partial charge in [-0.1, -0.05) is 11.6 Å². The van der Waals surface area contributed by atoms with Crippen molar-refractivity contribution in [3.05, 3.63) is 28.8 Å². The highest BCUT2D eigenvalue weighted by atomic mass is 35.5. The fourth-order valence-electron chi connectivity index (χ4n) is 1.55. The molecular weight excluding hydrogens is 238 g/mol. The van der Waals surface area contributed by atoms with Crippen LogP contribution >= 0.6 is 11.6 Å². The lowest BCUT2D eigenvalue weighted by Crippen LogP contribution is -2.25. The van der Waals surface area contributed by atoms with Crippen LogP contribution in [-0.4, -0.2) is 30.6 Å². The zero-order valence-corrected chi connectivity index (χ0v) is 10.8. The molecule has 1 rings (SSSR count). The van der Waals surface area contributed by atoms with Gasteiger partial charge in [-0.25, -0.2) is 0 Å². The fraction of sp³-hybridized carbons (Fsp3) is 0.417. The number of nitrogens with zero attached hydrogens (tertiary/aromatic N) is 1. The molecule has 0 aliphatic carbocycles. The molecular formula is C12H18ClN3O. The number of nitrogens with two attached hydrogens (primary N) is 1. The van der Waals surface area contributed by atoms with E-state index in [1.807, 2.05) is 11.9 Å². The molecule has 0 aliphatic rings. The number of amidine groups is 1. The lowest BCUT2D eigenvalue weighted by Gasteiger charge is -2.23. The van der Waals surface area contributed by atoms with Gasteiger partial charge in [-0.05, 0) is 31.5 Å². The van der Waals surface area contributed by atoms with Crippen molar-refractivity contribution in [2.75, 3.05) is 18.5 Å². The molecule has 4 nitrogen and oxygen atoms in total. The molecule has 5 heteroatoms. The van der Waals surface area contributed by atoms with Gasteiger partial charge in [-0.15, -0.1) is 0 Å². The fourth-order valence-corrected chi connectivity index (χ4v) is 1.72. The third-order valence-electron chi connectivity index (χ3n) is 2.54. The van der Waals surface area contributed by atoms with Crippen LogP contribution in [0.5, 0.6) is 0 Å². The Morgan fingerprint density at radius 3 is 2.76 bits per heavy atom. The quantitative estimate of drug-likeness (QED) is 0.555. The van der Waals surface area contributed by atoms with Gasteiger partial charge >= 0.3 is 0 Å². The van der Waals surface area contributed by atoms with Crippen LogP contribution in [0.15, 0.2) is 18.2 Å². The Morgan fingerprint density at radius 2 is 2.24 bits per heavy atom. The summed E-state index contributed by atoms with van der Waals surface area (Å²) in [6, 6.07) is 5.23. The van der Waals surface area contributed by atoms with Crippen molar-refractivity contribution in [3.8, 4) is 0 Å². The van der Waals surface area contributed by atoms with Gasteiger partial charge in [0.05, 0.1) is 6.10 Å². The van der Waals surface area contributed by atoms with Crippen LogP contribution in [0, 0.1) is 5.41 Å². The van der Waals surface area contributed by atoms with Gasteiger partial charge in [0.2, 0.25) is 0 Å². The van der Waals surface area contributed by atoms with E-state index in [2.05, 4.69) is 0 Å². The van der Waals surface area contributed by atoms with E-state index in [1.54, 1.807) is 25.1 Å². The Kier molecular flexibility index (Phi) is 4.78. The van der Waals surface area contributed by atoms with Gasteiger partial charge in [0.25, 0.3) is 0 Å². The highest BCUT2D eigenvalue weighted by Crippen LogP contribution is 2.24. The Labute approximate surface area is 107 Å². The second kappa shape index (κ2) is 5.89. The molecule has 17 heavy (non-hydrogen) atoms. The topological polar surface area (TPSA) is 73.3 Å². The average Bonchev–Trinajstić information content (AvgIpc) is 2.25. The van der Waals surface area contributed by atoms with Gasteiger partial charge in [0, 0.05) is 29.9 Å². The second-order valence-corrected chi connectivity index (χ2v) is 4.57. The van der Waals surface area contributed by atoms with Gasteiger partial charge in [0.15, 0.2) is 0 Å². The van der Waals surface area contributed by atoms with Crippen molar-refractivity contribution >= 4 is 23.1 Å². The smallest absolute Gasteiger partial charge is 0.124 e. The van der Waals surface area contributed by atoms with Gasteiger partial charge in [0.1, 0.15) is 5.84 Å². The molecule has 4 N–H and O–H groups in total. The minimum atomic E-state index is -0.350. The first kappa shape index (κ1) is 13.8. The van der Waals surface area contributed by atoms with Crippen LogP contribution in [-0.2, 0) is 0 Å². The first-order chi connectivity index (χ1) is 7.91. The number of rotatable bonds is 5. The van der Waals surface area contributed by atoms with Crippen LogP contribution in [0.1, 0.15) is 18.9 Å². The van der Waals surface area contributed by atoms with E-state index >= 15 is 0 Å². The molecule has 0 aromatic heterocycles. The standard InChI is InChI=1S/C12H18ClN3O/c1-8(17)5-6-16(2)11-7-9(13)3-4-10(11)12(14)15/h3-4,7-8,17H,5-6H2,1-2H3,(H3,14,15). The largest absolute Gasteiger partial charge is 0.393 e. The van der Waals surface area contributed by atoms with E-state index in [4.69, 9.17) is 22.7 Å². The van der Waals surface area contributed by atoms with Gasteiger partial charge in [-0.2, -0.15) is 0 Å². The predicted molar refractivity (Wildman–Crippen MR) is 72.0 cm³/mol. The summed E-state index contributed by atoms with van der Waals surface area (Å²) >= 11 is 5.94. The molecule has 1 unspecified atom stereocenters. The lowest BCUT2D eigenvalue weighted by atomic mass is 10.1. The van der Waals surface area contributed by atoms with Crippen LogP contribution in [0.3, 0.4) is 0 Å². The number of nitrogens with one attached hydrogen (secondary N) is 1. The van der Waals surface area contributed by atoms with Crippen molar-refractivity contribution in [1.82, 2.24) is 0 Å². The second-order valence-electron chi connectivity index (χ2n) is 4.13. The number of nitrogen functional groups attached to an aromatic ring is 1. The monoisotopic (exact) mass is 255 g/mol. The summed E-state index contributed by atoms with van der Waals surface area (Å²) in [6.07, 6.45) is 0.304. The van der Waals surface area contributed by atoms with Gasteiger partial charge in [-0.3, -0.25) is 5.41 Å². The molecule has 0 spiro atoms. The first-order valence-electron chi connectivity index (χ1n) is 5.45. The molecule has 0 fully saturated rings. The number of aliphatic hydroxyl groups excluding tert-OH is 1. The van der Waals surface area contributed by atoms with Crippen molar-refractivity contribution in [2.45, 2.75) is 19.4 Å². The minimum absolute atomic E-state index is 0.0144. The molecule has 0 saturated heterocycles. The SMILES string of the molecule is CC(O)CCN(C)c1cc(Cl)ccc1C(=N)N. The van der Waals surface area contributed by atoms with Crippen molar-refractivity contribution in [3.63, 3.8) is 0 Å². The maximum Gasteiger partial charge on any atom is 0.124 e. The summed E-state index contributed by atoms with van der Waals surface area (Å²) in [6.45, 7) is 2.43. The Morgan fingerprint density at radius 1 is 1.59 bits per heavy atom. The zero-order chi connectivity index (χ0) is 13.0. The molecule has 0 aliphatic heterocycles. The molecule has 0 saturated carbocycles. The van der Waals surface area contributed by atoms with E-state index in [1.165, 1.54) is 0 Å². The summed E-state index contributed by atoms with van der Waals surface area (Å²) in [5, 5.41) is 17.4. The summed E-state index contributed by atoms with van der Waals surface area (Å²) in [7, 11) is 1.89. The highest BCUT2D eigenvalue weighted by Gasteiger charge is 2.11. The molecule has 0 radical (unpaired) electrons. The van der Waals surface area contributed by atoms with E-state index in [9.17, 15) is 5.11 Å². The summed E-state index contributed by atoms with van der Waals surface area (Å²) < 4.78 is 0. The number of hydrogen-bond acceptors (Lipinski definition) is 3. The normalized spacial score (nSPS) is 12.2. The van der Waals surface area contributed by atoms with Crippen molar-refractivity contribution < 1.29 is 5.11 Å². The summed E-state index contributed by atoms with van der Waals surface area (Å²) in [5.74, 6) is 0.0144. The zero-order valence-electron chi connectivity index (χ0n) is 10.1. The predicted octanol–water partition coefficient (Wildman–Crippen LogP) is 1.83. The number of benzene rings is 1. The van der Waals surface area contributed by atoms with E-state index in [0.717, 1.165) is 5.69 Å². The molecule has 0 heterocycles. The Bertz CT molecular complexity index is 407. The lowest BCUT2D eigenvalue weighted by molar-refractivity contribution is 0.187. The maximum atomic E-state index is 9.26. The molecule has 1 aromatic rings. The number of anilines is 1. The maximum absolute atomic E-state index is 9.26. The van der Waals surface area contributed by atoms with Crippen molar-refractivity contribution in [1.29, 1.82) is 5.41 Å². The molecule has 0 amide bonds. The van der Waals surface area contributed by atoms with Crippen LogP contribution in [0.25, 0.3) is 0 Å². The minimum Gasteiger partial charge on any atom is -0.393 e. The Balaban J connectivity index is 2.94. The van der Waals surface area contributed by atoms with Crippen LogP contribution in [0.2, 0.25) is 5.02 Å². The van der Waals surface area contributed by atoms with Crippen molar-refractivity contribution in [2.24, 2.45) is 5.73 Å². The third-order valence-corrected chi connectivity index (χ3v) is 2.78.